The average Bonchev–Trinajstić information content (AvgIpc) is 2.87. The lowest BCUT2D eigenvalue weighted by Crippen LogP contribution is -2.30. The Labute approximate surface area is 97.3 Å². The molecule has 0 unspecified atom stereocenters. The molecule has 0 aliphatic heterocycles. The molecule has 0 amide bonds. The first kappa shape index (κ1) is 10.1. The van der Waals surface area contributed by atoms with Crippen LogP contribution in [0.4, 0.5) is 11.4 Å². The zero-order valence-corrected chi connectivity index (χ0v) is 8.63. The second kappa shape index (κ2) is 3.23. The van der Waals surface area contributed by atoms with Gasteiger partial charge in [-0.25, -0.2) is 0 Å². The summed E-state index contributed by atoms with van der Waals surface area (Å²) in [5.41, 5.74) is -0.531. The summed E-state index contributed by atoms with van der Waals surface area (Å²) in [7, 11) is 0. The molecule has 10 heteroatoms. The fourth-order valence-corrected chi connectivity index (χ4v) is 1.71. The molecular formula is C8H4N6O4. The predicted molar refractivity (Wildman–Crippen MR) is 55.0 cm³/mol. The molecule has 0 aliphatic carbocycles. The van der Waals surface area contributed by atoms with Crippen LogP contribution in [0.25, 0.3) is 11.0 Å². The SMILES string of the molecule is O=[N+]([O-])c1cc([N+](=O)[O-])c2nn3cc[n-][n+]3c2c1. The van der Waals surface area contributed by atoms with Gasteiger partial charge in [-0.05, 0) is 11.3 Å². The molecule has 0 fully saturated rings. The molecule has 2 heterocycles. The summed E-state index contributed by atoms with van der Waals surface area (Å²) in [5, 5.41) is 29.5. The van der Waals surface area contributed by atoms with E-state index in [2.05, 4.69) is 10.2 Å². The first-order valence-corrected chi connectivity index (χ1v) is 4.73. The number of benzene rings is 1. The lowest BCUT2D eigenvalue weighted by atomic mass is 10.2. The van der Waals surface area contributed by atoms with Crippen LogP contribution < -0.4 is 9.73 Å². The van der Waals surface area contributed by atoms with Crippen LogP contribution in [0.5, 0.6) is 0 Å². The zero-order valence-electron chi connectivity index (χ0n) is 8.63. The van der Waals surface area contributed by atoms with E-state index in [0.29, 0.717) is 0 Å². The van der Waals surface area contributed by atoms with Crippen LogP contribution in [-0.4, -0.2) is 19.6 Å². The molecule has 0 atom stereocenters. The number of hydrogen-bond donors (Lipinski definition) is 0. The highest BCUT2D eigenvalue weighted by Crippen LogP contribution is 2.27. The van der Waals surface area contributed by atoms with Gasteiger partial charge in [-0.1, -0.05) is 0 Å². The Balaban J connectivity index is 2.50. The van der Waals surface area contributed by atoms with Crippen molar-refractivity contribution in [3.63, 3.8) is 0 Å². The minimum atomic E-state index is -0.706. The van der Waals surface area contributed by atoms with Crippen LogP contribution in [0.2, 0.25) is 0 Å². The number of nitro benzene ring substituents is 2. The topological polar surface area (TPSA) is 122 Å². The van der Waals surface area contributed by atoms with Crippen LogP contribution in [0.1, 0.15) is 0 Å². The fraction of sp³-hybridized carbons (Fsp3) is 0. The number of nitro groups is 2. The van der Waals surface area contributed by atoms with Gasteiger partial charge in [0.25, 0.3) is 5.69 Å². The molecule has 3 aromatic rings. The van der Waals surface area contributed by atoms with Gasteiger partial charge < -0.3 is 0 Å². The van der Waals surface area contributed by atoms with E-state index in [9.17, 15) is 20.2 Å². The van der Waals surface area contributed by atoms with E-state index >= 15 is 0 Å². The zero-order chi connectivity index (χ0) is 12.9. The quantitative estimate of drug-likeness (QED) is 0.353. The van der Waals surface area contributed by atoms with Crippen molar-refractivity contribution in [1.82, 2.24) is 14.8 Å². The van der Waals surface area contributed by atoms with E-state index in [-0.39, 0.29) is 16.7 Å². The Hall–Kier alpha value is -3.04. The molecule has 0 radical (unpaired) electrons. The Morgan fingerprint density at radius 1 is 1.28 bits per heavy atom. The summed E-state index contributed by atoms with van der Waals surface area (Å²) in [5.74, 6) is 0. The van der Waals surface area contributed by atoms with E-state index in [0.717, 1.165) is 6.07 Å². The molecular weight excluding hydrogens is 244 g/mol. The van der Waals surface area contributed by atoms with Crippen molar-refractivity contribution in [2.45, 2.75) is 0 Å². The Kier molecular flexibility index (Phi) is 1.82. The summed E-state index contributed by atoms with van der Waals surface area (Å²) >= 11 is 0. The van der Waals surface area contributed by atoms with Crippen LogP contribution >= 0.6 is 0 Å². The van der Waals surface area contributed by atoms with Gasteiger partial charge in [0.05, 0.1) is 22.0 Å². The van der Waals surface area contributed by atoms with Crippen molar-refractivity contribution in [1.29, 1.82) is 0 Å². The minimum Gasteiger partial charge on any atom is -0.279 e. The molecule has 18 heavy (non-hydrogen) atoms. The predicted octanol–water partition coefficient (Wildman–Crippen LogP) is -0.153. The summed E-state index contributed by atoms with van der Waals surface area (Å²) in [6.45, 7) is 0. The van der Waals surface area contributed by atoms with E-state index < -0.39 is 15.5 Å². The maximum absolute atomic E-state index is 10.9. The van der Waals surface area contributed by atoms with Gasteiger partial charge >= 0.3 is 11.2 Å². The van der Waals surface area contributed by atoms with Crippen LogP contribution in [0, 0.1) is 20.2 Å². The van der Waals surface area contributed by atoms with Crippen molar-refractivity contribution in [2.75, 3.05) is 0 Å². The molecule has 0 saturated carbocycles. The maximum Gasteiger partial charge on any atom is 0.331 e. The van der Waals surface area contributed by atoms with Crippen LogP contribution in [0.15, 0.2) is 24.5 Å². The largest absolute Gasteiger partial charge is 0.331 e. The number of nitrogens with zero attached hydrogens (tertiary/aromatic N) is 6. The standard InChI is InChI=1S/C8H4N6O4/c15-13(16)5-3-6-8(7(4-5)14(17)18)10-11-2-1-9-12(6)11/h1-4H. The first-order valence-electron chi connectivity index (χ1n) is 4.73. The van der Waals surface area contributed by atoms with E-state index in [1.54, 1.807) is 0 Å². The number of fused-ring (bicyclic) bond motifs is 3. The Morgan fingerprint density at radius 2 is 2.06 bits per heavy atom. The van der Waals surface area contributed by atoms with Crippen molar-refractivity contribution in [2.24, 2.45) is 0 Å². The third-order valence-electron chi connectivity index (χ3n) is 2.45. The monoisotopic (exact) mass is 248 g/mol. The van der Waals surface area contributed by atoms with Crippen molar-refractivity contribution >= 4 is 22.4 Å². The third-order valence-corrected chi connectivity index (χ3v) is 2.45. The van der Waals surface area contributed by atoms with Gasteiger partial charge in [0.1, 0.15) is 0 Å². The van der Waals surface area contributed by atoms with Gasteiger partial charge in [-0.3, -0.25) is 25.3 Å². The van der Waals surface area contributed by atoms with Crippen LogP contribution in [-0.2, 0) is 0 Å². The average molecular weight is 248 g/mol. The highest BCUT2D eigenvalue weighted by molar-refractivity contribution is 5.84. The summed E-state index contributed by atoms with van der Waals surface area (Å²) in [4.78, 5) is 20.2. The molecule has 0 aliphatic rings. The molecule has 2 aromatic heterocycles. The van der Waals surface area contributed by atoms with E-state index in [4.69, 9.17) is 0 Å². The number of non-ortho nitro benzene ring substituents is 2. The van der Waals surface area contributed by atoms with Crippen molar-refractivity contribution in [3.05, 3.63) is 44.8 Å². The number of rotatable bonds is 2. The number of hydrogen-bond acceptors (Lipinski definition) is 5. The van der Waals surface area contributed by atoms with E-state index in [1.807, 2.05) is 0 Å². The normalized spacial score (nSPS) is 11.1. The van der Waals surface area contributed by atoms with Crippen LogP contribution in [0.3, 0.4) is 0 Å². The summed E-state index contributed by atoms with van der Waals surface area (Å²) < 4.78 is 2.51. The van der Waals surface area contributed by atoms with Gasteiger partial charge in [-0.15, -0.1) is 4.63 Å². The molecule has 10 nitrogen and oxygen atoms in total. The minimum absolute atomic E-state index is 0.0544. The summed E-state index contributed by atoms with van der Waals surface area (Å²) in [6, 6.07) is 2.08. The molecule has 3 rings (SSSR count). The second-order valence-corrected chi connectivity index (χ2v) is 3.47. The molecule has 0 bridgehead atoms. The maximum atomic E-state index is 10.9. The van der Waals surface area contributed by atoms with Gasteiger partial charge in [0.15, 0.2) is 0 Å². The fourth-order valence-electron chi connectivity index (χ4n) is 1.71. The van der Waals surface area contributed by atoms with Gasteiger partial charge in [0, 0.05) is 6.20 Å². The van der Waals surface area contributed by atoms with Crippen molar-refractivity contribution < 1.29 is 14.5 Å². The molecule has 0 saturated heterocycles. The molecule has 0 N–H and O–H groups in total. The lowest BCUT2D eigenvalue weighted by molar-refractivity contribution is -0.658. The van der Waals surface area contributed by atoms with Gasteiger partial charge in [-0.2, -0.15) is 4.63 Å². The van der Waals surface area contributed by atoms with Gasteiger partial charge in [0.2, 0.25) is 5.52 Å². The smallest absolute Gasteiger partial charge is 0.279 e. The van der Waals surface area contributed by atoms with Crippen molar-refractivity contribution in [3.8, 4) is 0 Å². The lowest BCUT2D eigenvalue weighted by Gasteiger charge is -1.92. The molecule has 90 valence electrons. The second-order valence-electron chi connectivity index (χ2n) is 3.47. The highest BCUT2D eigenvalue weighted by atomic mass is 16.6. The Bertz CT molecular complexity index is 802. The van der Waals surface area contributed by atoms with E-state index in [1.165, 1.54) is 27.7 Å². The summed E-state index contributed by atoms with van der Waals surface area (Å²) in [6.07, 6.45) is 2.91. The third kappa shape index (κ3) is 1.22. The Morgan fingerprint density at radius 3 is 2.72 bits per heavy atom. The highest BCUT2D eigenvalue weighted by Gasteiger charge is 2.27. The number of aromatic nitrogens is 4. The first-order chi connectivity index (χ1) is 8.58. The molecule has 1 aromatic carbocycles. The molecule has 0 spiro atoms.